The van der Waals surface area contributed by atoms with Crippen molar-refractivity contribution in [1.82, 2.24) is 4.98 Å². The zero-order valence-electron chi connectivity index (χ0n) is 15.3. The molecule has 1 amide bonds. The number of hydrogen-bond donors (Lipinski definition) is 1. The summed E-state index contributed by atoms with van der Waals surface area (Å²) in [6.07, 6.45) is 1.81. The highest BCUT2D eigenvalue weighted by atomic mass is 35.5. The van der Waals surface area contributed by atoms with E-state index in [1.807, 2.05) is 43.3 Å². The van der Waals surface area contributed by atoms with Gasteiger partial charge in [0.25, 0.3) is 0 Å². The molecule has 5 nitrogen and oxygen atoms in total. The van der Waals surface area contributed by atoms with Crippen LogP contribution in [0.15, 0.2) is 53.1 Å². The summed E-state index contributed by atoms with van der Waals surface area (Å²) in [5.41, 5.74) is 3.32. The molecule has 2 aromatic heterocycles. The van der Waals surface area contributed by atoms with Crippen LogP contribution in [-0.4, -0.2) is 18.0 Å². The quantitative estimate of drug-likeness (QED) is 0.456. The number of ether oxygens (including phenoxy) is 1. The third-order valence-electron chi connectivity index (χ3n) is 4.37. The first kappa shape index (κ1) is 18.5. The molecule has 2 aromatic carbocycles. The van der Waals surface area contributed by atoms with Crippen molar-refractivity contribution in [3.63, 3.8) is 0 Å². The summed E-state index contributed by atoms with van der Waals surface area (Å²) in [5.74, 6) is 0.570. The zero-order chi connectivity index (χ0) is 19.7. The summed E-state index contributed by atoms with van der Waals surface area (Å²) in [5, 5.41) is 5.03. The molecule has 7 heteroatoms. The number of furan rings is 1. The molecule has 0 saturated heterocycles. The maximum absolute atomic E-state index is 12.5. The fourth-order valence-electron chi connectivity index (χ4n) is 2.99. The summed E-state index contributed by atoms with van der Waals surface area (Å²) >= 11 is 7.40. The fourth-order valence-corrected chi connectivity index (χ4v) is 3.97. The Morgan fingerprint density at radius 1 is 1.25 bits per heavy atom. The summed E-state index contributed by atoms with van der Waals surface area (Å²) in [6.45, 7) is 1.98. The van der Waals surface area contributed by atoms with E-state index in [0.717, 1.165) is 27.1 Å². The van der Waals surface area contributed by atoms with Gasteiger partial charge in [-0.2, -0.15) is 0 Å². The van der Waals surface area contributed by atoms with E-state index in [4.69, 9.17) is 20.8 Å². The lowest BCUT2D eigenvalue weighted by atomic mass is 10.1. The van der Waals surface area contributed by atoms with E-state index in [2.05, 4.69) is 10.3 Å². The lowest BCUT2D eigenvalue weighted by Gasteiger charge is -2.01. The minimum atomic E-state index is -0.144. The molecule has 0 radical (unpaired) electrons. The number of hydrogen-bond acceptors (Lipinski definition) is 5. The molecule has 0 aliphatic rings. The van der Waals surface area contributed by atoms with Crippen LogP contribution < -0.4 is 10.1 Å². The molecule has 0 fully saturated rings. The maximum Gasteiger partial charge on any atom is 0.230 e. The number of fused-ring (bicyclic) bond motifs is 1. The van der Waals surface area contributed by atoms with Crippen molar-refractivity contribution in [3.8, 4) is 17.0 Å². The Labute approximate surface area is 170 Å². The van der Waals surface area contributed by atoms with Gasteiger partial charge >= 0.3 is 0 Å². The number of rotatable bonds is 5. The zero-order valence-corrected chi connectivity index (χ0v) is 16.9. The van der Waals surface area contributed by atoms with Gasteiger partial charge in [-0.05, 0) is 31.2 Å². The number of carbonyl (C=O) groups excluding carboxylic acids is 1. The highest BCUT2D eigenvalue weighted by Crippen LogP contribution is 2.31. The van der Waals surface area contributed by atoms with Crippen molar-refractivity contribution >= 4 is 44.9 Å². The molecule has 1 N–H and O–H groups in total. The third kappa shape index (κ3) is 3.74. The molecule has 0 bridgehead atoms. The van der Waals surface area contributed by atoms with Crippen molar-refractivity contribution in [3.05, 3.63) is 64.2 Å². The first-order valence-corrected chi connectivity index (χ1v) is 9.80. The second-order valence-electron chi connectivity index (χ2n) is 6.28. The van der Waals surface area contributed by atoms with E-state index in [-0.39, 0.29) is 12.3 Å². The normalized spacial score (nSPS) is 11.0. The summed E-state index contributed by atoms with van der Waals surface area (Å²) in [4.78, 5) is 18.1. The smallest absolute Gasteiger partial charge is 0.230 e. The molecule has 0 saturated carbocycles. The molecule has 0 unspecified atom stereocenters. The van der Waals surface area contributed by atoms with Gasteiger partial charge in [0.05, 0.1) is 25.5 Å². The maximum atomic E-state index is 12.5. The Kier molecular flexibility index (Phi) is 5.07. The van der Waals surface area contributed by atoms with Crippen molar-refractivity contribution in [2.45, 2.75) is 13.3 Å². The second kappa shape index (κ2) is 7.66. The number of aromatic nitrogens is 1. The number of amides is 1. The molecular formula is C21H17ClN2O3S. The first-order chi connectivity index (χ1) is 13.5. The molecule has 28 heavy (non-hydrogen) atoms. The summed E-state index contributed by atoms with van der Waals surface area (Å²) < 4.78 is 10.7. The third-order valence-corrected chi connectivity index (χ3v) is 5.51. The molecule has 2 heterocycles. The van der Waals surface area contributed by atoms with Crippen LogP contribution >= 0.6 is 22.9 Å². The second-order valence-corrected chi connectivity index (χ2v) is 7.92. The average Bonchev–Trinajstić information content (AvgIpc) is 3.25. The summed E-state index contributed by atoms with van der Waals surface area (Å²) in [6, 6.07) is 13.0. The standard InChI is InChI=1S/C21H17ClN2O3S/c1-12-20(13-3-5-15(22)6-4-13)24-21(28-12)23-19(25)9-14-11-27-18-10-16(26-2)7-8-17(14)18/h3-8,10-11H,9H2,1-2H3,(H,23,24,25). The van der Waals surface area contributed by atoms with Gasteiger partial charge in [0.2, 0.25) is 5.91 Å². The predicted molar refractivity (Wildman–Crippen MR) is 112 cm³/mol. The van der Waals surface area contributed by atoms with Crippen LogP contribution in [0.1, 0.15) is 10.4 Å². The van der Waals surface area contributed by atoms with Gasteiger partial charge in [-0.25, -0.2) is 4.98 Å². The number of nitrogens with one attached hydrogen (secondary N) is 1. The van der Waals surface area contributed by atoms with E-state index in [1.165, 1.54) is 11.3 Å². The number of aryl methyl sites for hydroxylation is 1. The van der Waals surface area contributed by atoms with Crippen LogP contribution in [0.4, 0.5) is 5.13 Å². The number of anilines is 1. The first-order valence-electron chi connectivity index (χ1n) is 8.61. The molecule has 0 spiro atoms. The molecule has 0 aliphatic heterocycles. The van der Waals surface area contributed by atoms with Crippen molar-refractivity contribution in [2.24, 2.45) is 0 Å². The minimum absolute atomic E-state index is 0.144. The summed E-state index contributed by atoms with van der Waals surface area (Å²) in [7, 11) is 1.60. The van der Waals surface area contributed by atoms with Crippen LogP contribution in [0.2, 0.25) is 5.02 Å². The fraction of sp³-hybridized carbons (Fsp3) is 0.143. The molecule has 4 aromatic rings. The predicted octanol–water partition coefficient (Wildman–Crippen LogP) is 5.71. The Morgan fingerprint density at radius 3 is 2.79 bits per heavy atom. The number of benzene rings is 2. The number of methoxy groups -OCH3 is 1. The van der Waals surface area contributed by atoms with Crippen molar-refractivity contribution < 1.29 is 13.9 Å². The molecule has 0 aliphatic carbocycles. The van der Waals surface area contributed by atoms with E-state index in [1.54, 1.807) is 19.4 Å². The molecule has 0 atom stereocenters. The van der Waals surface area contributed by atoms with Gasteiger partial charge < -0.3 is 14.5 Å². The van der Waals surface area contributed by atoms with Crippen LogP contribution in [0.5, 0.6) is 5.75 Å². The number of carbonyl (C=O) groups is 1. The van der Waals surface area contributed by atoms with Crippen LogP contribution in [0.3, 0.4) is 0 Å². The van der Waals surface area contributed by atoms with E-state index >= 15 is 0 Å². The van der Waals surface area contributed by atoms with Gasteiger partial charge in [-0.1, -0.05) is 23.7 Å². The van der Waals surface area contributed by atoms with Gasteiger partial charge in [0, 0.05) is 32.5 Å². The lowest BCUT2D eigenvalue weighted by Crippen LogP contribution is -2.13. The van der Waals surface area contributed by atoms with Crippen LogP contribution in [0.25, 0.3) is 22.2 Å². The van der Waals surface area contributed by atoms with Crippen molar-refractivity contribution in [1.29, 1.82) is 0 Å². The van der Waals surface area contributed by atoms with Gasteiger partial charge in [-0.15, -0.1) is 11.3 Å². The Bertz CT molecular complexity index is 1150. The topological polar surface area (TPSA) is 64.4 Å². The molecule has 4 rings (SSSR count). The molecule has 142 valence electrons. The Hall–Kier alpha value is -2.83. The van der Waals surface area contributed by atoms with E-state index < -0.39 is 0 Å². The number of thiazole rings is 1. The highest BCUT2D eigenvalue weighted by Gasteiger charge is 2.15. The van der Waals surface area contributed by atoms with Gasteiger partial charge in [0.15, 0.2) is 5.13 Å². The largest absolute Gasteiger partial charge is 0.497 e. The van der Waals surface area contributed by atoms with Gasteiger partial charge in [-0.3, -0.25) is 4.79 Å². The van der Waals surface area contributed by atoms with Crippen LogP contribution in [0, 0.1) is 6.92 Å². The van der Waals surface area contributed by atoms with Crippen molar-refractivity contribution in [2.75, 3.05) is 12.4 Å². The SMILES string of the molecule is COc1ccc2c(CC(=O)Nc3nc(-c4ccc(Cl)cc4)c(C)s3)coc2c1. The van der Waals surface area contributed by atoms with E-state index in [9.17, 15) is 4.79 Å². The van der Waals surface area contributed by atoms with E-state index in [0.29, 0.717) is 21.5 Å². The minimum Gasteiger partial charge on any atom is -0.497 e. The number of nitrogens with zero attached hydrogens (tertiary/aromatic N) is 1. The van der Waals surface area contributed by atoms with Crippen LogP contribution in [-0.2, 0) is 11.2 Å². The van der Waals surface area contributed by atoms with Gasteiger partial charge in [0.1, 0.15) is 11.3 Å². The Balaban J connectivity index is 1.50. The number of halogens is 1. The lowest BCUT2D eigenvalue weighted by molar-refractivity contribution is -0.115. The molecular weight excluding hydrogens is 396 g/mol. The highest BCUT2D eigenvalue weighted by molar-refractivity contribution is 7.16. The Morgan fingerprint density at radius 2 is 2.04 bits per heavy atom. The average molecular weight is 413 g/mol. The monoisotopic (exact) mass is 412 g/mol.